The van der Waals surface area contributed by atoms with Crippen molar-refractivity contribution >= 4 is 29.3 Å². The Morgan fingerprint density at radius 1 is 1.20 bits per heavy atom. The van der Waals surface area contributed by atoms with Crippen LogP contribution < -0.4 is 0 Å². The van der Waals surface area contributed by atoms with Gasteiger partial charge in [-0.3, -0.25) is 9.59 Å². The van der Waals surface area contributed by atoms with Crippen LogP contribution in [0.4, 0.5) is 4.79 Å². The van der Waals surface area contributed by atoms with Gasteiger partial charge in [0.1, 0.15) is 11.4 Å². The number of ketones is 2. The molecule has 1 saturated heterocycles. The number of carbonyl (C=O) groups is 3. The number of rotatable bonds is 4. The van der Waals surface area contributed by atoms with Gasteiger partial charge in [0.15, 0.2) is 5.78 Å². The van der Waals surface area contributed by atoms with Crippen molar-refractivity contribution in [3.63, 3.8) is 0 Å². The van der Waals surface area contributed by atoms with Gasteiger partial charge >= 0.3 is 6.09 Å². The first-order valence-corrected chi connectivity index (χ1v) is 8.83. The molecule has 0 saturated carbocycles. The molecule has 1 heterocycles. The lowest BCUT2D eigenvalue weighted by atomic mass is 9.89. The van der Waals surface area contributed by atoms with Crippen LogP contribution in [-0.2, 0) is 9.53 Å². The molecule has 0 N–H and O–H groups in total. The second-order valence-corrected chi connectivity index (χ2v) is 7.75. The van der Waals surface area contributed by atoms with Crippen LogP contribution in [-0.4, -0.2) is 41.3 Å². The van der Waals surface area contributed by atoms with Gasteiger partial charge in [-0.1, -0.05) is 23.7 Å². The average molecular weight is 366 g/mol. The van der Waals surface area contributed by atoms with Crippen molar-refractivity contribution in [3.05, 3.63) is 34.9 Å². The van der Waals surface area contributed by atoms with Crippen LogP contribution in [0.2, 0.25) is 5.02 Å². The first-order chi connectivity index (χ1) is 11.7. The molecule has 0 aromatic heterocycles. The molecule has 6 heteroatoms. The van der Waals surface area contributed by atoms with E-state index in [4.69, 9.17) is 16.3 Å². The molecule has 25 heavy (non-hydrogen) atoms. The third-order valence-electron chi connectivity index (χ3n) is 4.08. The van der Waals surface area contributed by atoms with E-state index in [-0.39, 0.29) is 30.0 Å². The van der Waals surface area contributed by atoms with Crippen LogP contribution in [0.15, 0.2) is 24.3 Å². The quantitative estimate of drug-likeness (QED) is 0.594. The number of hydrogen-bond donors (Lipinski definition) is 0. The van der Waals surface area contributed by atoms with E-state index in [1.807, 2.05) is 20.8 Å². The number of amides is 1. The third-order valence-corrected chi connectivity index (χ3v) is 4.32. The van der Waals surface area contributed by atoms with Crippen molar-refractivity contribution in [2.75, 3.05) is 13.1 Å². The minimum Gasteiger partial charge on any atom is -0.444 e. The van der Waals surface area contributed by atoms with Crippen molar-refractivity contribution in [3.8, 4) is 0 Å². The average Bonchev–Trinajstić information content (AvgIpc) is 2.53. The summed E-state index contributed by atoms with van der Waals surface area (Å²) in [5.74, 6) is -0.488. The number of halogens is 1. The van der Waals surface area contributed by atoms with Gasteiger partial charge in [0, 0.05) is 29.6 Å². The molecule has 1 aromatic rings. The van der Waals surface area contributed by atoms with Gasteiger partial charge in [-0.25, -0.2) is 4.79 Å². The SMILES string of the molecule is CC(C)(C)OC(=O)N1CCC(C(=O)CC(=O)c2cccc(Cl)c2)CC1. The van der Waals surface area contributed by atoms with Crippen LogP contribution in [0.5, 0.6) is 0 Å². The standard InChI is InChI=1S/C19H24ClNO4/c1-19(2,3)25-18(24)21-9-7-13(8-10-21)16(22)12-17(23)14-5-4-6-15(20)11-14/h4-6,11,13H,7-10,12H2,1-3H3. The summed E-state index contributed by atoms with van der Waals surface area (Å²) in [6.45, 7) is 6.40. The number of benzene rings is 1. The highest BCUT2D eigenvalue weighted by atomic mass is 35.5. The third kappa shape index (κ3) is 5.85. The summed E-state index contributed by atoms with van der Waals surface area (Å²) >= 11 is 5.88. The summed E-state index contributed by atoms with van der Waals surface area (Å²) in [6.07, 6.45) is 0.632. The molecule has 0 radical (unpaired) electrons. The largest absolute Gasteiger partial charge is 0.444 e. The fraction of sp³-hybridized carbons (Fsp3) is 0.526. The molecule has 0 spiro atoms. The summed E-state index contributed by atoms with van der Waals surface area (Å²) in [4.78, 5) is 38.3. The summed E-state index contributed by atoms with van der Waals surface area (Å²) in [6, 6.07) is 6.61. The van der Waals surface area contributed by atoms with Gasteiger partial charge in [0.05, 0.1) is 6.42 Å². The van der Waals surface area contributed by atoms with E-state index in [9.17, 15) is 14.4 Å². The second kappa shape index (κ2) is 8.00. The fourth-order valence-corrected chi connectivity index (χ4v) is 2.97. The van der Waals surface area contributed by atoms with E-state index < -0.39 is 5.60 Å². The number of Topliss-reactive ketones (excluding diaryl/α,β-unsaturated/α-hetero) is 2. The van der Waals surface area contributed by atoms with Crippen LogP contribution in [0.1, 0.15) is 50.4 Å². The van der Waals surface area contributed by atoms with E-state index in [0.717, 1.165) is 0 Å². The molecule has 1 aromatic carbocycles. The normalized spacial score (nSPS) is 15.8. The van der Waals surface area contributed by atoms with Crippen LogP contribution in [0, 0.1) is 5.92 Å². The highest BCUT2D eigenvalue weighted by Gasteiger charge is 2.30. The smallest absolute Gasteiger partial charge is 0.410 e. The predicted molar refractivity (Wildman–Crippen MR) is 95.9 cm³/mol. The lowest BCUT2D eigenvalue weighted by Crippen LogP contribution is -2.43. The zero-order valence-corrected chi connectivity index (χ0v) is 15.6. The van der Waals surface area contributed by atoms with Gasteiger partial charge in [-0.05, 0) is 45.7 Å². The summed E-state index contributed by atoms with van der Waals surface area (Å²) < 4.78 is 5.34. The molecule has 0 unspecified atom stereocenters. The Bertz CT molecular complexity index is 658. The Morgan fingerprint density at radius 2 is 1.84 bits per heavy atom. The molecular weight excluding hydrogens is 342 g/mol. The number of piperidine rings is 1. The van der Waals surface area contributed by atoms with Gasteiger partial charge < -0.3 is 9.64 Å². The monoisotopic (exact) mass is 365 g/mol. The van der Waals surface area contributed by atoms with E-state index >= 15 is 0 Å². The van der Waals surface area contributed by atoms with Crippen LogP contribution in [0.3, 0.4) is 0 Å². The van der Waals surface area contributed by atoms with Crippen molar-refractivity contribution in [1.82, 2.24) is 4.90 Å². The van der Waals surface area contributed by atoms with Gasteiger partial charge in [0.2, 0.25) is 0 Å². The minimum atomic E-state index is -0.535. The first kappa shape index (κ1) is 19.4. The molecule has 5 nitrogen and oxygen atoms in total. The molecule has 0 atom stereocenters. The maximum absolute atomic E-state index is 12.4. The predicted octanol–water partition coefficient (Wildman–Crippen LogP) is 4.13. The zero-order chi connectivity index (χ0) is 18.6. The number of likely N-dealkylation sites (tertiary alicyclic amines) is 1. The molecule has 1 fully saturated rings. The molecule has 0 bridgehead atoms. The zero-order valence-electron chi connectivity index (χ0n) is 14.9. The van der Waals surface area contributed by atoms with Crippen molar-refractivity contribution < 1.29 is 19.1 Å². The maximum atomic E-state index is 12.4. The number of ether oxygens (including phenoxy) is 1. The molecule has 1 aliphatic heterocycles. The highest BCUT2D eigenvalue weighted by molar-refractivity contribution is 6.31. The molecule has 0 aliphatic carbocycles. The number of carbonyl (C=O) groups excluding carboxylic acids is 3. The lowest BCUT2D eigenvalue weighted by Gasteiger charge is -2.32. The Kier molecular flexibility index (Phi) is 6.22. The molecule has 1 amide bonds. The fourth-order valence-electron chi connectivity index (χ4n) is 2.78. The lowest BCUT2D eigenvalue weighted by molar-refractivity contribution is -0.123. The first-order valence-electron chi connectivity index (χ1n) is 8.45. The Balaban J connectivity index is 1.85. The summed E-state index contributed by atoms with van der Waals surface area (Å²) in [7, 11) is 0. The topological polar surface area (TPSA) is 63.7 Å². The van der Waals surface area contributed by atoms with Crippen LogP contribution >= 0.6 is 11.6 Å². The molecule has 1 aliphatic rings. The van der Waals surface area contributed by atoms with Crippen molar-refractivity contribution in [1.29, 1.82) is 0 Å². The minimum absolute atomic E-state index is 0.0752. The second-order valence-electron chi connectivity index (χ2n) is 7.32. The van der Waals surface area contributed by atoms with Gasteiger partial charge in [-0.15, -0.1) is 0 Å². The van der Waals surface area contributed by atoms with Crippen LogP contribution in [0.25, 0.3) is 0 Å². The van der Waals surface area contributed by atoms with E-state index in [1.165, 1.54) is 0 Å². The summed E-state index contributed by atoms with van der Waals surface area (Å²) in [5.41, 5.74) is -0.0836. The Morgan fingerprint density at radius 3 is 2.40 bits per heavy atom. The molecule has 136 valence electrons. The van der Waals surface area contributed by atoms with Crippen molar-refractivity contribution in [2.45, 2.75) is 45.6 Å². The van der Waals surface area contributed by atoms with E-state index in [2.05, 4.69) is 0 Å². The van der Waals surface area contributed by atoms with E-state index in [0.29, 0.717) is 36.5 Å². The summed E-state index contributed by atoms with van der Waals surface area (Å²) in [5, 5.41) is 0.476. The number of hydrogen-bond acceptors (Lipinski definition) is 4. The van der Waals surface area contributed by atoms with E-state index in [1.54, 1.807) is 29.2 Å². The molecular formula is C19H24ClNO4. The Hall–Kier alpha value is -1.88. The molecule has 2 rings (SSSR count). The maximum Gasteiger partial charge on any atom is 0.410 e. The van der Waals surface area contributed by atoms with Crippen molar-refractivity contribution in [2.24, 2.45) is 5.92 Å². The highest BCUT2D eigenvalue weighted by Crippen LogP contribution is 2.22. The Labute approximate surface area is 153 Å². The van der Waals surface area contributed by atoms with Gasteiger partial charge in [0.25, 0.3) is 0 Å². The number of nitrogens with zero attached hydrogens (tertiary/aromatic N) is 1. The van der Waals surface area contributed by atoms with Gasteiger partial charge in [-0.2, -0.15) is 0 Å².